The molecule has 0 saturated carbocycles. The fourth-order valence-corrected chi connectivity index (χ4v) is 3.19. The third-order valence-corrected chi connectivity index (χ3v) is 4.90. The summed E-state index contributed by atoms with van der Waals surface area (Å²) in [6.45, 7) is 6.37. The van der Waals surface area contributed by atoms with Crippen LogP contribution in [0.1, 0.15) is 31.4 Å². The highest BCUT2D eigenvalue weighted by Gasteiger charge is 2.28. The van der Waals surface area contributed by atoms with Crippen molar-refractivity contribution in [3.05, 3.63) is 53.6 Å². The average Bonchev–Trinajstić information content (AvgIpc) is 2.78. The van der Waals surface area contributed by atoms with Crippen molar-refractivity contribution in [2.45, 2.75) is 39.8 Å². The first kappa shape index (κ1) is 24.1. The molecule has 0 fully saturated rings. The molecule has 1 unspecified atom stereocenters. The lowest BCUT2D eigenvalue weighted by atomic mass is 10.1. The second kappa shape index (κ2) is 11.8. The SMILES string of the molecule is CCNC(=O)C(CC)N(Cc1ccc(C)cc1)C(=O)COc1cc(OC)cc(OC)c1. The van der Waals surface area contributed by atoms with Crippen LogP contribution < -0.4 is 19.5 Å². The molecule has 0 aromatic heterocycles. The van der Waals surface area contributed by atoms with Crippen molar-refractivity contribution < 1.29 is 23.8 Å². The molecule has 0 heterocycles. The van der Waals surface area contributed by atoms with E-state index < -0.39 is 6.04 Å². The molecule has 0 saturated heterocycles. The molecule has 0 radical (unpaired) electrons. The number of benzene rings is 2. The number of likely N-dealkylation sites (N-methyl/N-ethyl adjacent to an activating group) is 1. The van der Waals surface area contributed by atoms with Crippen molar-refractivity contribution in [3.8, 4) is 17.2 Å². The number of carbonyl (C=O) groups is 2. The first-order valence-corrected chi connectivity index (χ1v) is 10.4. The van der Waals surface area contributed by atoms with E-state index in [0.717, 1.165) is 11.1 Å². The zero-order chi connectivity index (χ0) is 22.8. The van der Waals surface area contributed by atoms with E-state index in [4.69, 9.17) is 14.2 Å². The van der Waals surface area contributed by atoms with Crippen LogP contribution >= 0.6 is 0 Å². The molecule has 0 aliphatic heterocycles. The van der Waals surface area contributed by atoms with Gasteiger partial charge in [0.1, 0.15) is 23.3 Å². The van der Waals surface area contributed by atoms with Gasteiger partial charge < -0.3 is 24.4 Å². The number of nitrogens with one attached hydrogen (secondary N) is 1. The molecular formula is C24H32N2O5. The summed E-state index contributed by atoms with van der Waals surface area (Å²) in [6, 6.07) is 12.4. The molecule has 2 rings (SSSR count). The molecule has 7 nitrogen and oxygen atoms in total. The van der Waals surface area contributed by atoms with Crippen molar-refractivity contribution in [3.63, 3.8) is 0 Å². The third kappa shape index (κ3) is 6.91. The molecular weight excluding hydrogens is 396 g/mol. The Labute approximate surface area is 184 Å². The monoisotopic (exact) mass is 428 g/mol. The Morgan fingerprint density at radius 1 is 0.968 bits per heavy atom. The van der Waals surface area contributed by atoms with Crippen LogP contribution in [0.4, 0.5) is 0 Å². The van der Waals surface area contributed by atoms with Gasteiger partial charge in [0.15, 0.2) is 6.61 Å². The Morgan fingerprint density at radius 2 is 1.55 bits per heavy atom. The molecule has 2 aromatic rings. The minimum Gasteiger partial charge on any atom is -0.496 e. The second-order valence-corrected chi connectivity index (χ2v) is 7.16. The third-order valence-electron chi connectivity index (χ3n) is 4.90. The Morgan fingerprint density at radius 3 is 2.06 bits per heavy atom. The molecule has 7 heteroatoms. The number of nitrogens with zero attached hydrogens (tertiary/aromatic N) is 1. The van der Waals surface area contributed by atoms with Crippen LogP contribution in [0.25, 0.3) is 0 Å². The van der Waals surface area contributed by atoms with Crippen LogP contribution in [-0.2, 0) is 16.1 Å². The number of amides is 2. The van der Waals surface area contributed by atoms with Gasteiger partial charge >= 0.3 is 0 Å². The average molecular weight is 429 g/mol. The number of methoxy groups -OCH3 is 2. The maximum atomic E-state index is 13.2. The smallest absolute Gasteiger partial charge is 0.261 e. The molecule has 0 bridgehead atoms. The molecule has 0 spiro atoms. The Hall–Kier alpha value is -3.22. The Balaban J connectivity index is 2.22. The largest absolute Gasteiger partial charge is 0.496 e. The number of ether oxygens (including phenoxy) is 3. The summed E-state index contributed by atoms with van der Waals surface area (Å²) in [5, 5.41) is 2.82. The van der Waals surface area contributed by atoms with Crippen LogP contribution in [-0.4, -0.2) is 50.1 Å². The van der Waals surface area contributed by atoms with Crippen LogP contribution in [0.3, 0.4) is 0 Å². The van der Waals surface area contributed by atoms with E-state index >= 15 is 0 Å². The summed E-state index contributed by atoms with van der Waals surface area (Å²) in [5.74, 6) is 1.12. The van der Waals surface area contributed by atoms with Gasteiger partial charge in [0.05, 0.1) is 14.2 Å². The van der Waals surface area contributed by atoms with Gasteiger partial charge in [-0.15, -0.1) is 0 Å². The predicted molar refractivity (Wildman–Crippen MR) is 120 cm³/mol. The summed E-state index contributed by atoms with van der Waals surface area (Å²) < 4.78 is 16.2. The Kier molecular flexibility index (Phi) is 9.18. The van der Waals surface area contributed by atoms with Gasteiger partial charge in [-0.1, -0.05) is 36.8 Å². The number of hydrogen-bond donors (Lipinski definition) is 1. The van der Waals surface area contributed by atoms with Crippen molar-refractivity contribution in [2.24, 2.45) is 0 Å². The van der Waals surface area contributed by atoms with Crippen molar-refractivity contribution in [2.75, 3.05) is 27.4 Å². The minimum atomic E-state index is -0.586. The lowest BCUT2D eigenvalue weighted by molar-refractivity contribution is -0.142. The van der Waals surface area contributed by atoms with Gasteiger partial charge in [-0.2, -0.15) is 0 Å². The topological polar surface area (TPSA) is 77.1 Å². The summed E-state index contributed by atoms with van der Waals surface area (Å²) >= 11 is 0. The normalized spacial score (nSPS) is 11.4. The first-order chi connectivity index (χ1) is 14.9. The van der Waals surface area contributed by atoms with Gasteiger partial charge in [0.2, 0.25) is 5.91 Å². The van der Waals surface area contributed by atoms with E-state index in [9.17, 15) is 9.59 Å². The maximum absolute atomic E-state index is 13.2. The minimum absolute atomic E-state index is 0.173. The van der Waals surface area contributed by atoms with Crippen molar-refractivity contribution >= 4 is 11.8 Å². The fourth-order valence-electron chi connectivity index (χ4n) is 3.19. The highest BCUT2D eigenvalue weighted by molar-refractivity contribution is 5.88. The van der Waals surface area contributed by atoms with E-state index in [1.54, 1.807) is 37.3 Å². The number of carbonyl (C=O) groups excluding carboxylic acids is 2. The van der Waals surface area contributed by atoms with Crippen LogP contribution in [0.5, 0.6) is 17.2 Å². The highest BCUT2D eigenvalue weighted by Crippen LogP contribution is 2.27. The first-order valence-electron chi connectivity index (χ1n) is 10.4. The van der Waals surface area contributed by atoms with Crippen molar-refractivity contribution in [1.82, 2.24) is 10.2 Å². The molecule has 2 amide bonds. The summed E-state index contributed by atoms with van der Waals surface area (Å²) in [5.41, 5.74) is 2.08. The summed E-state index contributed by atoms with van der Waals surface area (Å²) in [4.78, 5) is 27.4. The van der Waals surface area contributed by atoms with Gasteiger partial charge in [-0.3, -0.25) is 9.59 Å². The quantitative estimate of drug-likeness (QED) is 0.594. The van der Waals surface area contributed by atoms with Gasteiger partial charge in [-0.25, -0.2) is 0 Å². The molecule has 1 N–H and O–H groups in total. The maximum Gasteiger partial charge on any atom is 0.261 e. The number of aryl methyl sites for hydroxylation is 1. The number of rotatable bonds is 11. The fraction of sp³-hybridized carbons (Fsp3) is 0.417. The molecule has 1 atom stereocenters. The number of hydrogen-bond acceptors (Lipinski definition) is 5. The zero-order valence-electron chi connectivity index (χ0n) is 18.9. The van der Waals surface area contributed by atoms with E-state index in [1.807, 2.05) is 45.0 Å². The molecule has 0 aliphatic rings. The Bertz CT molecular complexity index is 845. The lowest BCUT2D eigenvalue weighted by Crippen LogP contribution is -2.50. The van der Waals surface area contributed by atoms with Gasteiger partial charge in [-0.05, 0) is 25.8 Å². The molecule has 0 aliphatic carbocycles. The standard InChI is InChI=1S/C24H32N2O5/c1-6-22(24(28)25-7-2)26(15-18-10-8-17(3)9-11-18)23(27)16-31-21-13-19(29-4)12-20(14-21)30-5/h8-14,22H,6-7,15-16H2,1-5H3,(H,25,28). The van der Waals surface area contributed by atoms with Gasteiger partial charge in [0, 0.05) is 31.3 Å². The predicted octanol–water partition coefficient (Wildman–Crippen LogP) is 3.33. The lowest BCUT2D eigenvalue weighted by Gasteiger charge is -2.30. The highest BCUT2D eigenvalue weighted by atomic mass is 16.5. The van der Waals surface area contributed by atoms with Gasteiger partial charge in [0.25, 0.3) is 5.91 Å². The molecule has 168 valence electrons. The summed E-state index contributed by atoms with van der Waals surface area (Å²) in [7, 11) is 3.09. The van der Waals surface area contributed by atoms with E-state index in [2.05, 4.69) is 5.32 Å². The van der Waals surface area contributed by atoms with Crippen LogP contribution in [0.2, 0.25) is 0 Å². The van der Waals surface area contributed by atoms with Crippen LogP contribution in [0, 0.1) is 6.92 Å². The van der Waals surface area contributed by atoms with E-state index in [-0.39, 0.29) is 18.4 Å². The van der Waals surface area contributed by atoms with E-state index in [0.29, 0.717) is 36.8 Å². The van der Waals surface area contributed by atoms with Crippen molar-refractivity contribution in [1.29, 1.82) is 0 Å². The molecule has 31 heavy (non-hydrogen) atoms. The summed E-state index contributed by atoms with van der Waals surface area (Å²) in [6.07, 6.45) is 0.496. The zero-order valence-corrected chi connectivity index (χ0v) is 18.9. The molecule has 2 aromatic carbocycles. The van der Waals surface area contributed by atoms with E-state index in [1.165, 1.54) is 0 Å². The second-order valence-electron chi connectivity index (χ2n) is 7.16. The van der Waals surface area contributed by atoms with Crippen LogP contribution in [0.15, 0.2) is 42.5 Å².